The first-order valence-corrected chi connectivity index (χ1v) is 15.2. The number of fused-ring (bicyclic) bond motifs is 1. The number of hydrogen-bond donors (Lipinski definition) is 2. The number of piperidine rings is 1. The van der Waals surface area contributed by atoms with Gasteiger partial charge in [0.05, 0.1) is 22.9 Å². The number of nitrogens with one attached hydrogen (secondary N) is 1. The van der Waals surface area contributed by atoms with E-state index in [-0.39, 0.29) is 23.6 Å². The first-order valence-electron chi connectivity index (χ1n) is 13.6. The van der Waals surface area contributed by atoms with E-state index in [0.29, 0.717) is 38.0 Å². The average Bonchev–Trinajstić information content (AvgIpc) is 3.58. The average molecular weight is 552 g/mol. The second-order valence-electron chi connectivity index (χ2n) is 10.8. The summed E-state index contributed by atoms with van der Waals surface area (Å²) in [5, 5.41) is 0.956. The Balaban J connectivity index is 1.29. The third-order valence-corrected chi connectivity index (χ3v) is 10.1. The Morgan fingerprint density at radius 2 is 1.74 bits per heavy atom. The van der Waals surface area contributed by atoms with Crippen molar-refractivity contribution < 1.29 is 18.0 Å². The molecule has 0 spiro atoms. The summed E-state index contributed by atoms with van der Waals surface area (Å²) >= 11 is 0. The van der Waals surface area contributed by atoms with Crippen LogP contribution in [0.15, 0.2) is 48.7 Å². The molecule has 0 saturated carbocycles. The van der Waals surface area contributed by atoms with Crippen LogP contribution in [0.4, 0.5) is 0 Å². The van der Waals surface area contributed by atoms with Gasteiger partial charge in [0.15, 0.2) is 0 Å². The zero-order valence-electron chi connectivity index (χ0n) is 22.6. The summed E-state index contributed by atoms with van der Waals surface area (Å²) in [7, 11) is 0.0435. The highest BCUT2D eigenvalue weighted by Crippen LogP contribution is 2.37. The van der Waals surface area contributed by atoms with E-state index in [1.807, 2.05) is 47.5 Å². The number of likely N-dealkylation sites (N-methyl/N-ethyl adjacent to an activating group) is 1. The summed E-state index contributed by atoms with van der Waals surface area (Å²) in [6, 6.07) is 13.6. The number of hydrogen-bond acceptors (Lipinski definition) is 5. The molecule has 10 heteroatoms. The van der Waals surface area contributed by atoms with Crippen LogP contribution < -0.4 is 5.73 Å². The fourth-order valence-electron chi connectivity index (χ4n) is 6.06. The Bertz CT molecular complexity index is 1460. The van der Waals surface area contributed by atoms with E-state index in [4.69, 9.17) is 5.73 Å². The number of primary amides is 1. The quantitative estimate of drug-likeness (QED) is 0.446. The Morgan fingerprint density at radius 3 is 2.41 bits per heavy atom. The van der Waals surface area contributed by atoms with E-state index >= 15 is 0 Å². The van der Waals surface area contributed by atoms with Gasteiger partial charge in [-0.25, -0.2) is 12.7 Å². The molecule has 208 valence electrons. The summed E-state index contributed by atoms with van der Waals surface area (Å²) in [5.74, 6) is -0.263. The number of H-pyrrole nitrogens is 1. The van der Waals surface area contributed by atoms with E-state index in [2.05, 4.69) is 11.1 Å². The molecule has 2 saturated heterocycles. The lowest BCUT2D eigenvalue weighted by Crippen LogP contribution is -2.46. The normalized spacial score (nSPS) is 19.5. The first-order chi connectivity index (χ1) is 18.7. The molecule has 0 aliphatic carbocycles. The van der Waals surface area contributed by atoms with Gasteiger partial charge < -0.3 is 15.6 Å². The van der Waals surface area contributed by atoms with Crippen molar-refractivity contribution in [1.29, 1.82) is 0 Å². The van der Waals surface area contributed by atoms with Crippen LogP contribution in [0.3, 0.4) is 0 Å². The van der Waals surface area contributed by atoms with E-state index in [1.165, 1.54) is 0 Å². The van der Waals surface area contributed by atoms with Gasteiger partial charge in [-0.1, -0.05) is 30.3 Å². The second kappa shape index (κ2) is 11.1. The van der Waals surface area contributed by atoms with Crippen LogP contribution >= 0.6 is 0 Å². The van der Waals surface area contributed by atoms with Crippen LogP contribution in [-0.2, 0) is 14.8 Å². The van der Waals surface area contributed by atoms with E-state index < -0.39 is 15.9 Å². The van der Waals surface area contributed by atoms with Crippen molar-refractivity contribution in [2.45, 2.75) is 37.6 Å². The molecule has 2 amide bonds. The largest absolute Gasteiger partial charge is 0.366 e. The Morgan fingerprint density at radius 1 is 1.03 bits per heavy atom. The zero-order chi connectivity index (χ0) is 27.7. The van der Waals surface area contributed by atoms with Crippen molar-refractivity contribution in [1.82, 2.24) is 19.1 Å². The van der Waals surface area contributed by atoms with Crippen LogP contribution in [0, 0.1) is 0 Å². The lowest BCUT2D eigenvalue weighted by molar-refractivity contribution is -0.133. The number of amides is 2. The maximum Gasteiger partial charge on any atom is 0.250 e. The lowest BCUT2D eigenvalue weighted by atomic mass is 9.88. The van der Waals surface area contributed by atoms with E-state index in [1.54, 1.807) is 23.3 Å². The van der Waals surface area contributed by atoms with Gasteiger partial charge >= 0.3 is 0 Å². The van der Waals surface area contributed by atoms with Gasteiger partial charge in [-0.15, -0.1) is 0 Å². The molecule has 3 heterocycles. The number of likely N-dealkylation sites (tertiary alicyclic amines) is 1. The van der Waals surface area contributed by atoms with Gasteiger partial charge in [-0.2, -0.15) is 0 Å². The predicted molar refractivity (Wildman–Crippen MR) is 153 cm³/mol. The van der Waals surface area contributed by atoms with Gasteiger partial charge in [0, 0.05) is 45.3 Å². The molecular weight excluding hydrogens is 514 g/mol. The maximum atomic E-state index is 13.2. The van der Waals surface area contributed by atoms with Gasteiger partial charge in [0.1, 0.15) is 0 Å². The molecular formula is C29H37N5O4S. The molecule has 9 nitrogen and oxygen atoms in total. The zero-order valence-corrected chi connectivity index (χ0v) is 23.4. The van der Waals surface area contributed by atoms with Crippen LogP contribution in [-0.4, -0.2) is 91.4 Å². The number of rotatable bonds is 8. The Kier molecular flexibility index (Phi) is 7.80. The summed E-state index contributed by atoms with van der Waals surface area (Å²) in [4.78, 5) is 31.6. The van der Waals surface area contributed by atoms with Gasteiger partial charge in [-0.05, 0) is 67.0 Å². The smallest absolute Gasteiger partial charge is 0.250 e. The number of aromatic nitrogens is 1. The van der Waals surface area contributed by atoms with Gasteiger partial charge in [0.25, 0.3) is 5.91 Å². The highest BCUT2D eigenvalue weighted by molar-refractivity contribution is 7.89. The fraction of sp³-hybridized carbons (Fsp3) is 0.448. The topological polar surface area (TPSA) is 120 Å². The third-order valence-electron chi connectivity index (χ3n) is 8.21. The summed E-state index contributed by atoms with van der Waals surface area (Å²) in [6.07, 6.45) is 5.01. The minimum Gasteiger partial charge on any atom is -0.366 e. The molecule has 2 aromatic carbocycles. The molecule has 3 aromatic rings. The molecule has 2 fully saturated rings. The van der Waals surface area contributed by atoms with E-state index in [0.717, 1.165) is 47.0 Å². The predicted octanol–water partition coefficient (Wildman–Crippen LogP) is 3.00. The van der Waals surface area contributed by atoms with Crippen molar-refractivity contribution in [2.24, 2.45) is 5.73 Å². The molecule has 2 aliphatic rings. The SMILES string of the molecule is CN(C)C(=O)C1CCCN1CCS(=O)(=O)N1CCC(c2c[nH]c3c(C(N)=O)cc(-c4ccccc4)cc23)CC1. The lowest BCUT2D eigenvalue weighted by Gasteiger charge is -2.32. The number of carbonyl (C=O) groups excluding carboxylic acids is 2. The molecule has 3 N–H and O–H groups in total. The highest BCUT2D eigenvalue weighted by Gasteiger charge is 2.34. The minimum absolute atomic E-state index is 0.0182. The molecule has 2 aliphatic heterocycles. The molecule has 5 rings (SSSR count). The minimum atomic E-state index is -3.44. The standard InChI is InChI=1S/C29H37N5O4S/c1-32(2)29(36)26-9-6-12-33(26)15-16-39(37,38)34-13-10-21(11-14-34)25-19-31-27-23(25)17-22(18-24(27)28(30)35)20-7-4-3-5-8-20/h3-5,7-8,17-19,21,26,31H,6,9-16H2,1-2H3,(H2,30,35). The van der Waals surface area contributed by atoms with Gasteiger partial charge in [0.2, 0.25) is 15.9 Å². The molecule has 1 aromatic heterocycles. The molecule has 0 bridgehead atoms. The second-order valence-corrected chi connectivity index (χ2v) is 12.9. The molecule has 39 heavy (non-hydrogen) atoms. The van der Waals surface area contributed by atoms with Crippen LogP contribution in [0.2, 0.25) is 0 Å². The van der Waals surface area contributed by atoms with Crippen molar-refractivity contribution >= 4 is 32.7 Å². The Labute approximate surface area is 230 Å². The summed E-state index contributed by atoms with van der Waals surface area (Å²) in [6.45, 7) is 2.01. The number of carbonyl (C=O) groups is 2. The van der Waals surface area contributed by atoms with Crippen molar-refractivity contribution in [2.75, 3.05) is 46.0 Å². The number of nitrogens with zero attached hydrogens (tertiary/aromatic N) is 3. The number of aromatic amines is 1. The maximum absolute atomic E-state index is 13.2. The first kappa shape index (κ1) is 27.4. The molecule has 1 atom stereocenters. The van der Waals surface area contributed by atoms with Crippen molar-refractivity contribution in [3.8, 4) is 11.1 Å². The Hall–Kier alpha value is -3.21. The van der Waals surface area contributed by atoms with Gasteiger partial charge in [-0.3, -0.25) is 14.5 Å². The highest BCUT2D eigenvalue weighted by atomic mass is 32.2. The third kappa shape index (κ3) is 5.59. The number of sulfonamides is 1. The summed E-state index contributed by atoms with van der Waals surface area (Å²) < 4.78 is 28.1. The fourth-order valence-corrected chi connectivity index (χ4v) is 7.55. The van der Waals surface area contributed by atoms with Crippen LogP contribution in [0.25, 0.3) is 22.0 Å². The number of nitrogens with two attached hydrogens (primary N) is 1. The van der Waals surface area contributed by atoms with Crippen molar-refractivity contribution in [3.05, 3.63) is 59.8 Å². The van der Waals surface area contributed by atoms with Crippen LogP contribution in [0.5, 0.6) is 0 Å². The summed E-state index contributed by atoms with van der Waals surface area (Å²) in [5.41, 5.74) is 9.92. The molecule has 1 unspecified atom stereocenters. The molecule has 0 radical (unpaired) electrons. The van der Waals surface area contributed by atoms with E-state index in [9.17, 15) is 18.0 Å². The van der Waals surface area contributed by atoms with Crippen LogP contribution in [0.1, 0.15) is 47.5 Å². The number of benzene rings is 2. The van der Waals surface area contributed by atoms with Crippen molar-refractivity contribution in [3.63, 3.8) is 0 Å². The monoisotopic (exact) mass is 551 g/mol.